The van der Waals surface area contributed by atoms with E-state index in [2.05, 4.69) is 79.1 Å². The zero-order valence-electron chi connectivity index (χ0n) is 20.8. The molecule has 7 nitrogen and oxygen atoms in total. The molecule has 0 amide bonds. The van der Waals surface area contributed by atoms with Gasteiger partial charge in [-0.2, -0.15) is 5.10 Å². The van der Waals surface area contributed by atoms with Crippen LogP contribution in [0.25, 0.3) is 0 Å². The predicted octanol–water partition coefficient (Wildman–Crippen LogP) is 3.58. The van der Waals surface area contributed by atoms with Crippen molar-refractivity contribution in [2.45, 2.75) is 53.8 Å². The lowest BCUT2D eigenvalue weighted by molar-refractivity contribution is -0.0284. The van der Waals surface area contributed by atoms with Crippen molar-refractivity contribution in [3.05, 3.63) is 52.8 Å². The van der Waals surface area contributed by atoms with Gasteiger partial charge < -0.3 is 15.4 Å². The molecule has 33 heavy (non-hydrogen) atoms. The van der Waals surface area contributed by atoms with Gasteiger partial charge in [-0.15, -0.1) is 24.0 Å². The van der Waals surface area contributed by atoms with Crippen molar-refractivity contribution in [3.63, 3.8) is 0 Å². The Bertz CT molecular complexity index is 867. The Hall–Kier alpha value is -1.65. The fourth-order valence-electron chi connectivity index (χ4n) is 4.17. The number of halogens is 1. The minimum Gasteiger partial charge on any atom is -0.374 e. The number of aryl methyl sites for hydroxylation is 1. The highest BCUT2D eigenvalue weighted by Crippen LogP contribution is 2.16. The van der Waals surface area contributed by atoms with E-state index in [9.17, 15) is 0 Å². The molecule has 2 N–H and O–H groups in total. The van der Waals surface area contributed by atoms with E-state index in [1.807, 2.05) is 6.07 Å². The molecule has 2 aromatic rings. The number of ether oxygens (including phenoxy) is 1. The summed E-state index contributed by atoms with van der Waals surface area (Å²) in [4.78, 5) is 7.35. The highest BCUT2D eigenvalue weighted by atomic mass is 127. The fourth-order valence-corrected chi connectivity index (χ4v) is 4.17. The van der Waals surface area contributed by atoms with E-state index in [1.165, 1.54) is 16.8 Å². The van der Waals surface area contributed by atoms with Crippen LogP contribution in [0.4, 0.5) is 0 Å². The second-order valence-electron chi connectivity index (χ2n) is 9.01. The molecule has 1 aromatic heterocycles. The van der Waals surface area contributed by atoms with Crippen LogP contribution in [-0.4, -0.2) is 66.1 Å². The van der Waals surface area contributed by atoms with Gasteiger partial charge in [0.25, 0.3) is 0 Å². The number of hydrogen-bond acceptors (Lipinski definition) is 4. The molecule has 184 valence electrons. The summed E-state index contributed by atoms with van der Waals surface area (Å²) in [6.07, 6.45) is 0.184. The smallest absolute Gasteiger partial charge is 0.191 e. The molecule has 0 bridgehead atoms. The van der Waals surface area contributed by atoms with Gasteiger partial charge in [-0.1, -0.05) is 44.2 Å². The number of nitrogens with zero attached hydrogens (tertiary/aromatic N) is 4. The van der Waals surface area contributed by atoms with Gasteiger partial charge in [0.15, 0.2) is 5.96 Å². The van der Waals surface area contributed by atoms with Gasteiger partial charge in [-0.3, -0.25) is 9.58 Å². The fraction of sp³-hybridized carbons (Fsp3) is 0.600. The first-order valence-corrected chi connectivity index (χ1v) is 11.9. The van der Waals surface area contributed by atoms with Crippen LogP contribution < -0.4 is 10.6 Å². The van der Waals surface area contributed by atoms with Crippen LogP contribution in [-0.2, 0) is 17.8 Å². The van der Waals surface area contributed by atoms with Gasteiger partial charge >= 0.3 is 0 Å². The standard InChI is InChI=1S/C25H40N6O.HI/c1-6-26-25(27-14-23-18-30(12-13-32-23)16-19(2)3)28-15-24-20(4)29-31(21(24)5)17-22-10-8-7-9-11-22;/h7-11,19,23H,6,12-18H2,1-5H3,(H2,26,27,28);1H. The number of rotatable bonds is 9. The van der Waals surface area contributed by atoms with Crippen molar-refractivity contribution in [2.24, 2.45) is 10.9 Å². The van der Waals surface area contributed by atoms with Crippen LogP contribution >= 0.6 is 24.0 Å². The maximum atomic E-state index is 5.98. The van der Waals surface area contributed by atoms with E-state index in [0.29, 0.717) is 12.5 Å². The molecule has 1 fully saturated rings. The highest BCUT2D eigenvalue weighted by Gasteiger charge is 2.21. The summed E-state index contributed by atoms with van der Waals surface area (Å²) in [6.45, 7) is 17.7. The molecule has 1 aromatic carbocycles. The van der Waals surface area contributed by atoms with Crippen molar-refractivity contribution in [1.82, 2.24) is 25.3 Å². The molecular formula is C25H41IN6O. The molecule has 0 radical (unpaired) electrons. The van der Waals surface area contributed by atoms with E-state index >= 15 is 0 Å². The van der Waals surface area contributed by atoms with E-state index in [4.69, 9.17) is 14.8 Å². The van der Waals surface area contributed by atoms with Crippen LogP contribution in [0.3, 0.4) is 0 Å². The summed E-state index contributed by atoms with van der Waals surface area (Å²) in [6, 6.07) is 10.5. The summed E-state index contributed by atoms with van der Waals surface area (Å²) in [7, 11) is 0. The van der Waals surface area contributed by atoms with Crippen LogP contribution in [0.2, 0.25) is 0 Å². The summed E-state index contributed by atoms with van der Waals surface area (Å²) in [5, 5.41) is 11.6. The van der Waals surface area contributed by atoms with E-state index in [-0.39, 0.29) is 30.1 Å². The average Bonchev–Trinajstić information content (AvgIpc) is 3.03. The van der Waals surface area contributed by atoms with Gasteiger partial charge in [0.05, 0.1) is 31.5 Å². The normalized spacial score (nSPS) is 17.2. The number of benzene rings is 1. The third-order valence-corrected chi connectivity index (χ3v) is 5.79. The van der Waals surface area contributed by atoms with Gasteiger partial charge in [0.1, 0.15) is 0 Å². The topological polar surface area (TPSA) is 66.7 Å². The molecular weight excluding hydrogens is 527 g/mol. The summed E-state index contributed by atoms with van der Waals surface area (Å²) in [5.41, 5.74) is 4.65. The number of aromatic nitrogens is 2. The van der Waals surface area contributed by atoms with Gasteiger partial charge in [-0.05, 0) is 32.3 Å². The SMILES string of the molecule is CCNC(=NCc1c(C)nn(Cc2ccccc2)c1C)NCC1CN(CC(C)C)CCO1.I. The second kappa shape index (κ2) is 13.9. The van der Waals surface area contributed by atoms with E-state index in [0.717, 1.165) is 57.5 Å². The molecule has 1 aliphatic heterocycles. The largest absolute Gasteiger partial charge is 0.374 e. The number of nitrogens with one attached hydrogen (secondary N) is 2. The van der Waals surface area contributed by atoms with Crippen LogP contribution in [0.15, 0.2) is 35.3 Å². The summed E-state index contributed by atoms with van der Waals surface area (Å²) >= 11 is 0. The number of morpholine rings is 1. The first-order chi connectivity index (χ1) is 15.5. The first kappa shape index (κ1) is 27.6. The van der Waals surface area contributed by atoms with E-state index in [1.54, 1.807) is 0 Å². The zero-order valence-corrected chi connectivity index (χ0v) is 23.1. The summed E-state index contributed by atoms with van der Waals surface area (Å²) in [5.74, 6) is 1.50. The lowest BCUT2D eigenvalue weighted by atomic mass is 10.2. The Morgan fingerprint density at radius 1 is 1.21 bits per heavy atom. The molecule has 2 heterocycles. The molecule has 1 unspecified atom stereocenters. The Balaban J connectivity index is 0.00000385. The maximum absolute atomic E-state index is 5.98. The Labute approximate surface area is 216 Å². The molecule has 0 aliphatic carbocycles. The van der Waals surface area contributed by atoms with Crippen molar-refractivity contribution >= 4 is 29.9 Å². The molecule has 1 saturated heterocycles. The molecule has 0 spiro atoms. The monoisotopic (exact) mass is 568 g/mol. The highest BCUT2D eigenvalue weighted by molar-refractivity contribution is 14.0. The molecule has 1 aliphatic rings. The minimum absolute atomic E-state index is 0. The van der Waals surface area contributed by atoms with Crippen LogP contribution in [0.1, 0.15) is 43.3 Å². The Kier molecular flexibility index (Phi) is 11.6. The average molecular weight is 569 g/mol. The Morgan fingerprint density at radius 2 is 1.97 bits per heavy atom. The third-order valence-electron chi connectivity index (χ3n) is 5.79. The second-order valence-corrected chi connectivity index (χ2v) is 9.01. The molecule has 3 rings (SSSR count). The van der Waals surface area contributed by atoms with Crippen LogP contribution in [0, 0.1) is 19.8 Å². The lowest BCUT2D eigenvalue weighted by Gasteiger charge is -2.34. The van der Waals surface area contributed by atoms with E-state index < -0.39 is 0 Å². The van der Waals surface area contributed by atoms with Crippen molar-refractivity contribution < 1.29 is 4.74 Å². The van der Waals surface area contributed by atoms with Crippen molar-refractivity contribution in [1.29, 1.82) is 0 Å². The molecule has 1 atom stereocenters. The molecule has 8 heteroatoms. The predicted molar refractivity (Wildman–Crippen MR) is 146 cm³/mol. The zero-order chi connectivity index (χ0) is 22.9. The maximum Gasteiger partial charge on any atom is 0.191 e. The minimum atomic E-state index is 0. The van der Waals surface area contributed by atoms with Gasteiger partial charge in [0, 0.05) is 44.0 Å². The van der Waals surface area contributed by atoms with Gasteiger partial charge in [0.2, 0.25) is 0 Å². The first-order valence-electron chi connectivity index (χ1n) is 11.9. The van der Waals surface area contributed by atoms with Crippen LogP contribution in [0.5, 0.6) is 0 Å². The quantitative estimate of drug-likeness (QED) is 0.275. The number of aliphatic imine (C=N–C) groups is 1. The lowest BCUT2D eigenvalue weighted by Crippen LogP contribution is -2.50. The third kappa shape index (κ3) is 8.57. The number of hydrogen-bond donors (Lipinski definition) is 2. The van der Waals surface area contributed by atoms with Crippen molar-refractivity contribution in [2.75, 3.05) is 39.3 Å². The molecule has 0 saturated carbocycles. The number of guanidine groups is 1. The summed E-state index contributed by atoms with van der Waals surface area (Å²) < 4.78 is 8.06. The van der Waals surface area contributed by atoms with Crippen molar-refractivity contribution in [3.8, 4) is 0 Å². The van der Waals surface area contributed by atoms with Gasteiger partial charge in [-0.25, -0.2) is 4.99 Å². The Morgan fingerprint density at radius 3 is 2.67 bits per heavy atom.